The number of carbonyl (C=O) groups is 1. The molecule has 1 aromatic carbocycles. The highest BCUT2D eigenvalue weighted by Crippen LogP contribution is 2.17. The second kappa shape index (κ2) is 8.31. The van der Waals surface area contributed by atoms with Crippen molar-refractivity contribution in [3.05, 3.63) is 29.8 Å². The Hall–Kier alpha value is -1.59. The Kier molecular flexibility index (Phi) is 5.88. The number of hydrogen-bond donors (Lipinski definition) is 0. The minimum atomic E-state index is 0.0368. The predicted molar refractivity (Wildman–Crippen MR) is 88.5 cm³/mol. The average Bonchev–Trinajstić information content (AvgIpc) is 2.62. The lowest BCUT2D eigenvalue weighted by molar-refractivity contribution is -0.137. The number of nitrogens with zero attached hydrogens (tertiary/aromatic N) is 2. The van der Waals surface area contributed by atoms with Crippen LogP contribution in [0, 0.1) is 0 Å². The molecule has 3 rings (SSSR count). The van der Waals surface area contributed by atoms with E-state index in [9.17, 15) is 4.79 Å². The molecule has 0 saturated carbocycles. The van der Waals surface area contributed by atoms with Gasteiger partial charge in [0.2, 0.25) is 0 Å². The first kappa shape index (κ1) is 16.3. The largest absolute Gasteiger partial charge is 0.484 e. The van der Waals surface area contributed by atoms with Crippen LogP contribution in [0.2, 0.25) is 0 Å². The van der Waals surface area contributed by atoms with Crippen molar-refractivity contribution in [1.29, 1.82) is 0 Å². The Balaban J connectivity index is 1.49. The van der Waals surface area contributed by atoms with Crippen LogP contribution in [0.1, 0.15) is 24.8 Å². The SMILES string of the molecule is O=C(COc1cccc(CN2CCCCC2)c1)N1CCOCC1. The van der Waals surface area contributed by atoms with E-state index in [2.05, 4.69) is 17.0 Å². The molecule has 0 radical (unpaired) electrons. The molecule has 126 valence electrons. The molecule has 0 aliphatic carbocycles. The van der Waals surface area contributed by atoms with Crippen LogP contribution >= 0.6 is 0 Å². The monoisotopic (exact) mass is 318 g/mol. The maximum atomic E-state index is 12.1. The van der Waals surface area contributed by atoms with Gasteiger partial charge < -0.3 is 14.4 Å². The Morgan fingerprint density at radius 2 is 1.87 bits per heavy atom. The molecule has 0 spiro atoms. The number of ether oxygens (including phenoxy) is 2. The molecular weight excluding hydrogens is 292 g/mol. The lowest BCUT2D eigenvalue weighted by atomic mass is 10.1. The van der Waals surface area contributed by atoms with E-state index < -0.39 is 0 Å². The predicted octanol–water partition coefficient (Wildman–Crippen LogP) is 1.91. The summed E-state index contributed by atoms with van der Waals surface area (Å²) in [5.41, 5.74) is 1.25. The van der Waals surface area contributed by atoms with Crippen LogP contribution in [0.3, 0.4) is 0 Å². The van der Waals surface area contributed by atoms with Crippen molar-refractivity contribution in [2.45, 2.75) is 25.8 Å². The van der Waals surface area contributed by atoms with Crippen LogP contribution < -0.4 is 4.74 Å². The first-order chi connectivity index (χ1) is 11.3. The van der Waals surface area contributed by atoms with Gasteiger partial charge in [-0.25, -0.2) is 0 Å². The lowest BCUT2D eigenvalue weighted by Crippen LogP contribution is -2.42. The van der Waals surface area contributed by atoms with Gasteiger partial charge in [0.25, 0.3) is 5.91 Å². The summed E-state index contributed by atoms with van der Waals surface area (Å²) >= 11 is 0. The molecule has 5 heteroatoms. The second-order valence-electron chi connectivity index (χ2n) is 6.27. The van der Waals surface area contributed by atoms with Gasteiger partial charge in [-0.05, 0) is 43.6 Å². The normalized spacial score (nSPS) is 19.6. The number of amides is 1. The minimum Gasteiger partial charge on any atom is -0.484 e. The van der Waals surface area contributed by atoms with Crippen molar-refractivity contribution in [3.63, 3.8) is 0 Å². The van der Waals surface area contributed by atoms with Crippen molar-refractivity contribution >= 4 is 5.91 Å². The van der Waals surface area contributed by atoms with Gasteiger partial charge >= 0.3 is 0 Å². The van der Waals surface area contributed by atoms with Crippen LogP contribution in [0.5, 0.6) is 5.75 Å². The molecule has 2 aliphatic rings. The summed E-state index contributed by atoms with van der Waals surface area (Å²) in [6.07, 6.45) is 3.94. The van der Waals surface area contributed by atoms with Gasteiger partial charge in [0, 0.05) is 19.6 Å². The highest BCUT2D eigenvalue weighted by atomic mass is 16.5. The number of hydrogen-bond acceptors (Lipinski definition) is 4. The molecule has 0 bridgehead atoms. The van der Waals surface area contributed by atoms with Gasteiger partial charge in [-0.1, -0.05) is 18.6 Å². The molecule has 23 heavy (non-hydrogen) atoms. The first-order valence-corrected chi connectivity index (χ1v) is 8.61. The van der Waals surface area contributed by atoms with Crippen LogP contribution in [-0.2, 0) is 16.1 Å². The maximum absolute atomic E-state index is 12.1. The van der Waals surface area contributed by atoms with E-state index in [4.69, 9.17) is 9.47 Å². The molecular formula is C18H26N2O3. The van der Waals surface area contributed by atoms with Crippen molar-refractivity contribution in [2.75, 3.05) is 46.0 Å². The van der Waals surface area contributed by atoms with E-state index in [1.165, 1.54) is 37.9 Å². The van der Waals surface area contributed by atoms with Gasteiger partial charge in [0.15, 0.2) is 6.61 Å². The average molecular weight is 318 g/mol. The zero-order chi connectivity index (χ0) is 15.9. The first-order valence-electron chi connectivity index (χ1n) is 8.61. The number of rotatable bonds is 5. The molecule has 1 aromatic rings. The number of piperidine rings is 1. The zero-order valence-electron chi connectivity index (χ0n) is 13.7. The van der Waals surface area contributed by atoms with Crippen LogP contribution in [0.15, 0.2) is 24.3 Å². The van der Waals surface area contributed by atoms with Crippen LogP contribution in [0.4, 0.5) is 0 Å². The molecule has 2 saturated heterocycles. The number of morpholine rings is 1. The Morgan fingerprint density at radius 1 is 1.09 bits per heavy atom. The third-order valence-electron chi connectivity index (χ3n) is 4.48. The number of likely N-dealkylation sites (tertiary alicyclic amines) is 1. The highest BCUT2D eigenvalue weighted by molar-refractivity contribution is 5.77. The van der Waals surface area contributed by atoms with Crippen LogP contribution in [-0.4, -0.2) is 61.7 Å². The van der Waals surface area contributed by atoms with Gasteiger partial charge in [-0.3, -0.25) is 9.69 Å². The topological polar surface area (TPSA) is 42.0 Å². The quantitative estimate of drug-likeness (QED) is 0.832. The van der Waals surface area contributed by atoms with E-state index in [1.807, 2.05) is 12.1 Å². The fourth-order valence-electron chi connectivity index (χ4n) is 3.16. The Morgan fingerprint density at radius 3 is 2.65 bits per heavy atom. The molecule has 5 nitrogen and oxygen atoms in total. The smallest absolute Gasteiger partial charge is 0.260 e. The summed E-state index contributed by atoms with van der Waals surface area (Å²) in [4.78, 5) is 16.4. The molecule has 1 amide bonds. The Labute approximate surface area is 138 Å². The summed E-state index contributed by atoms with van der Waals surface area (Å²) in [6, 6.07) is 8.12. The molecule has 0 unspecified atom stereocenters. The third kappa shape index (κ3) is 4.94. The third-order valence-corrected chi connectivity index (χ3v) is 4.48. The fraction of sp³-hybridized carbons (Fsp3) is 0.611. The Bertz CT molecular complexity index is 509. The summed E-state index contributed by atoms with van der Waals surface area (Å²) in [5.74, 6) is 0.816. The maximum Gasteiger partial charge on any atom is 0.260 e. The molecule has 2 heterocycles. The summed E-state index contributed by atoms with van der Waals surface area (Å²) < 4.78 is 11.0. The standard InChI is InChI=1S/C18H26N2O3/c21-18(20-9-11-22-12-10-20)15-23-17-6-4-5-16(13-17)14-19-7-2-1-3-8-19/h4-6,13H,1-3,7-12,14-15H2. The molecule has 2 fully saturated rings. The minimum absolute atomic E-state index is 0.0368. The fourth-order valence-corrected chi connectivity index (χ4v) is 3.16. The summed E-state index contributed by atoms with van der Waals surface area (Å²) in [6.45, 7) is 6.01. The highest BCUT2D eigenvalue weighted by Gasteiger charge is 2.17. The van der Waals surface area contributed by atoms with Crippen molar-refractivity contribution in [3.8, 4) is 5.75 Å². The van der Waals surface area contributed by atoms with Gasteiger partial charge in [-0.15, -0.1) is 0 Å². The van der Waals surface area contributed by atoms with E-state index >= 15 is 0 Å². The summed E-state index contributed by atoms with van der Waals surface area (Å²) in [5, 5.41) is 0. The van der Waals surface area contributed by atoms with Gasteiger partial charge in [-0.2, -0.15) is 0 Å². The summed E-state index contributed by atoms with van der Waals surface area (Å²) in [7, 11) is 0. The zero-order valence-corrected chi connectivity index (χ0v) is 13.7. The van der Waals surface area contributed by atoms with Crippen molar-refractivity contribution < 1.29 is 14.3 Å². The molecule has 2 aliphatic heterocycles. The van der Waals surface area contributed by atoms with E-state index in [0.717, 1.165) is 12.3 Å². The number of carbonyl (C=O) groups excluding carboxylic acids is 1. The lowest BCUT2D eigenvalue weighted by Gasteiger charge is -2.27. The van der Waals surface area contributed by atoms with Crippen LogP contribution in [0.25, 0.3) is 0 Å². The van der Waals surface area contributed by atoms with E-state index in [0.29, 0.717) is 26.3 Å². The molecule has 0 atom stereocenters. The van der Waals surface area contributed by atoms with E-state index in [1.54, 1.807) is 4.90 Å². The van der Waals surface area contributed by atoms with Crippen molar-refractivity contribution in [1.82, 2.24) is 9.80 Å². The molecule has 0 aromatic heterocycles. The van der Waals surface area contributed by atoms with Gasteiger partial charge in [0.1, 0.15) is 5.75 Å². The van der Waals surface area contributed by atoms with E-state index in [-0.39, 0.29) is 12.5 Å². The molecule has 0 N–H and O–H groups in total. The number of benzene rings is 1. The second-order valence-corrected chi connectivity index (χ2v) is 6.27. The van der Waals surface area contributed by atoms with Gasteiger partial charge in [0.05, 0.1) is 13.2 Å². The van der Waals surface area contributed by atoms with Crippen molar-refractivity contribution in [2.24, 2.45) is 0 Å².